The lowest BCUT2D eigenvalue weighted by molar-refractivity contribution is 0.240. The van der Waals surface area contributed by atoms with Crippen LogP contribution in [-0.4, -0.2) is 26.7 Å². The van der Waals surface area contributed by atoms with E-state index in [4.69, 9.17) is 9.72 Å². The van der Waals surface area contributed by atoms with Crippen molar-refractivity contribution in [3.05, 3.63) is 107 Å². The molecular formula is C30H35N3O2. The van der Waals surface area contributed by atoms with Crippen LogP contribution < -0.4 is 4.74 Å². The van der Waals surface area contributed by atoms with Gasteiger partial charge < -0.3 is 14.4 Å². The molecule has 4 aromatic rings. The maximum absolute atomic E-state index is 9.41. The molecule has 0 radical (unpaired) electrons. The van der Waals surface area contributed by atoms with Crippen LogP contribution in [0.15, 0.2) is 85.1 Å². The Labute approximate surface area is 208 Å². The zero-order chi connectivity index (χ0) is 24.5. The maximum Gasteiger partial charge on any atom is 0.140 e. The van der Waals surface area contributed by atoms with Crippen molar-refractivity contribution in [2.24, 2.45) is 0 Å². The highest BCUT2D eigenvalue weighted by Gasteiger charge is 2.16. The Morgan fingerprint density at radius 2 is 1.46 bits per heavy atom. The first-order chi connectivity index (χ1) is 17.2. The van der Waals surface area contributed by atoms with E-state index in [0.717, 1.165) is 61.7 Å². The highest BCUT2D eigenvalue weighted by atomic mass is 16.5. The molecule has 0 aliphatic carbocycles. The third-order valence-corrected chi connectivity index (χ3v) is 6.27. The fraction of sp³-hybridized carbons (Fsp3) is 0.300. The van der Waals surface area contributed by atoms with Crippen LogP contribution in [0, 0.1) is 0 Å². The topological polar surface area (TPSA) is 50.5 Å². The van der Waals surface area contributed by atoms with Crippen molar-refractivity contribution in [3.63, 3.8) is 0 Å². The molecule has 3 aromatic carbocycles. The SMILES string of the molecule is CCCCn1c(CN(Cc2ccc(CO)cc2)Cc2ccc(OC)cc2)cnc1-c1ccccc1. The molecule has 0 aliphatic heterocycles. The van der Waals surface area contributed by atoms with Gasteiger partial charge in [-0.25, -0.2) is 4.98 Å². The Morgan fingerprint density at radius 3 is 2.06 bits per heavy atom. The number of ether oxygens (including phenoxy) is 1. The molecule has 0 atom stereocenters. The van der Waals surface area contributed by atoms with Crippen LogP contribution in [0.2, 0.25) is 0 Å². The molecule has 1 aromatic heterocycles. The molecule has 0 saturated heterocycles. The average molecular weight is 470 g/mol. The van der Waals surface area contributed by atoms with Gasteiger partial charge in [0.05, 0.1) is 25.6 Å². The summed E-state index contributed by atoms with van der Waals surface area (Å²) in [6.07, 6.45) is 4.29. The molecule has 5 nitrogen and oxygen atoms in total. The Hall–Kier alpha value is -3.41. The number of nitrogens with zero attached hydrogens (tertiary/aromatic N) is 3. The van der Waals surface area contributed by atoms with E-state index in [1.807, 2.05) is 36.5 Å². The van der Waals surface area contributed by atoms with E-state index in [9.17, 15) is 5.11 Å². The number of imidazole rings is 1. The molecule has 1 heterocycles. The minimum atomic E-state index is 0.0642. The van der Waals surface area contributed by atoms with E-state index in [1.165, 1.54) is 16.8 Å². The second kappa shape index (κ2) is 12.3. The van der Waals surface area contributed by atoms with Gasteiger partial charge in [0.25, 0.3) is 0 Å². The normalized spacial score (nSPS) is 11.2. The number of benzene rings is 3. The van der Waals surface area contributed by atoms with Gasteiger partial charge in [-0.05, 0) is 35.2 Å². The van der Waals surface area contributed by atoms with E-state index < -0.39 is 0 Å². The third-order valence-electron chi connectivity index (χ3n) is 6.27. The minimum absolute atomic E-state index is 0.0642. The van der Waals surface area contributed by atoms with Crippen molar-refractivity contribution in [1.29, 1.82) is 0 Å². The molecule has 0 spiro atoms. The summed E-state index contributed by atoms with van der Waals surface area (Å²) in [5, 5.41) is 9.41. The summed E-state index contributed by atoms with van der Waals surface area (Å²) in [6.45, 7) is 5.65. The number of methoxy groups -OCH3 is 1. The number of hydrogen-bond donors (Lipinski definition) is 1. The van der Waals surface area contributed by atoms with E-state index >= 15 is 0 Å². The predicted octanol–water partition coefficient (Wildman–Crippen LogP) is 6.05. The third kappa shape index (κ3) is 6.59. The van der Waals surface area contributed by atoms with Crippen LogP contribution in [0.5, 0.6) is 5.75 Å². The molecule has 0 fully saturated rings. The quantitative estimate of drug-likeness (QED) is 0.274. The Bertz CT molecular complexity index is 1120. The van der Waals surface area contributed by atoms with E-state index in [2.05, 4.69) is 64.9 Å². The monoisotopic (exact) mass is 469 g/mol. The highest BCUT2D eigenvalue weighted by Crippen LogP contribution is 2.23. The summed E-state index contributed by atoms with van der Waals surface area (Å²) in [5.41, 5.74) is 5.76. The van der Waals surface area contributed by atoms with Crippen molar-refractivity contribution < 1.29 is 9.84 Å². The van der Waals surface area contributed by atoms with Crippen molar-refractivity contribution in [2.75, 3.05) is 7.11 Å². The Morgan fingerprint density at radius 1 is 0.829 bits per heavy atom. The van der Waals surface area contributed by atoms with Crippen LogP contribution in [0.3, 0.4) is 0 Å². The fourth-order valence-corrected chi connectivity index (χ4v) is 4.31. The van der Waals surface area contributed by atoms with E-state index in [0.29, 0.717) is 0 Å². The summed E-state index contributed by atoms with van der Waals surface area (Å²) < 4.78 is 7.72. The predicted molar refractivity (Wildman–Crippen MR) is 141 cm³/mol. The minimum Gasteiger partial charge on any atom is -0.497 e. The van der Waals surface area contributed by atoms with Crippen molar-refractivity contribution >= 4 is 0 Å². The summed E-state index contributed by atoms with van der Waals surface area (Å²) in [5.74, 6) is 1.90. The molecule has 4 rings (SSSR count). The lowest BCUT2D eigenvalue weighted by atomic mass is 10.1. The number of hydrogen-bond acceptors (Lipinski definition) is 4. The molecule has 182 valence electrons. The smallest absolute Gasteiger partial charge is 0.140 e. The second-order valence-corrected chi connectivity index (χ2v) is 8.91. The van der Waals surface area contributed by atoms with Gasteiger partial charge in [-0.2, -0.15) is 0 Å². The van der Waals surface area contributed by atoms with Crippen LogP contribution in [-0.2, 0) is 32.8 Å². The first-order valence-corrected chi connectivity index (χ1v) is 12.3. The van der Waals surface area contributed by atoms with Gasteiger partial charge in [-0.1, -0.05) is 80.1 Å². The second-order valence-electron chi connectivity index (χ2n) is 8.91. The highest BCUT2D eigenvalue weighted by molar-refractivity contribution is 5.55. The van der Waals surface area contributed by atoms with Crippen LogP contribution in [0.4, 0.5) is 0 Å². The first kappa shape index (κ1) is 24.7. The molecule has 0 saturated carbocycles. The molecule has 0 unspecified atom stereocenters. The molecule has 35 heavy (non-hydrogen) atoms. The summed E-state index contributed by atoms with van der Waals surface area (Å²) >= 11 is 0. The zero-order valence-electron chi connectivity index (χ0n) is 20.7. The molecule has 0 bridgehead atoms. The Kier molecular flexibility index (Phi) is 8.71. The lowest BCUT2D eigenvalue weighted by Gasteiger charge is -2.24. The van der Waals surface area contributed by atoms with Crippen molar-refractivity contribution in [2.45, 2.75) is 52.6 Å². The summed E-state index contributed by atoms with van der Waals surface area (Å²) in [7, 11) is 1.69. The van der Waals surface area contributed by atoms with E-state index in [1.54, 1.807) is 7.11 Å². The van der Waals surface area contributed by atoms with Gasteiger partial charge >= 0.3 is 0 Å². The fourth-order valence-electron chi connectivity index (χ4n) is 4.31. The standard InChI is InChI=1S/C30H35N3O2/c1-3-4-18-33-28(19-31-30(33)27-8-6-5-7-9-27)22-32(20-24-10-12-26(23-34)13-11-24)21-25-14-16-29(35-2)17-15-25/h5-17,19,34H,3-4,18,20-23H2,1-2H3. The van der Waals surface area contributed by atoms with Gasteiger partial charge in [-0.3, -0.25) is 4.90 Å². The van der Waals surface area contributed by atoms with Gasteiger partial charge in [0.15, 0.2) is 0 Å². The zero-order valence-corrected chi connectivity index (χ0v) is 20.7. The Balaban J connectivity index is 1.62. The number of aliphatic hydroxyl groups is 1. The first-order valence-electron chi connectivity index (χ1n) is 12.3. The van der Waals surface area contributed by atoms with Crippen molar-refractivity contribution in [3.8, 4) is 17.1 Å². The molecule has 0 aliphatic rings. The van der Waals surface area contributed by atoms with Crippen LogP contribution in [0.25, 0.3) is 11.4 Å². The van der Waals surface area contributed by atoms with Gasteiger partial charge in [-0.15, -0.1) is 0 Å². The van der Waals surface area contributed by atoms with Gasteiger partial charge in [0.2, 0.25) is 0 Å². The molecule has 1 N–H and O–H groups in total. The van der Waals surface area contributed by atoms with Crippen LogP contribution >= 0.6 is 0 Å². The molecular weight excluding hydrogens is 434 g/mol. The summed E-state index contributed by atoms with van der Waals surface area (Å²) in [4.78, 5) is 7.29. The van der Waals surface area contributed by atoms with Crippen LogP contribution in [0.1, 0.15) is 42.1 Å². The van der Waals surface area contributed by atoms with E-state index in [-0.39, 0.29) is 6.61 Å². The largest absolute Gasteiger partial charge is 0.497 e. The lowest BCUT2D eigenvalue weighted by Crippen LogP contribution is -2.24. The number of unbranched alkanes of at least 4 members (excludes halogenated alkanes) is 1. The number of aromatic nitrogens is 2. The number of aliphatic hydroxyl groups excluding tert-OH is 1. The van der Waals surface area contributed by atoms with Gasteiger partial charge in [0.1, 0.15) is 11.6 Å². The number of rotatable bonds is 12. The average Bonchev–Trinajstić information content (AvgIpc) is 3.30. The maximum atomic E-state index is 9.41. The van der Waals surface area contributed by atoms with Crippen molar-refractivity contribution in [1.82, 2.24) is 14.5 Å². The molecule has 0 amide bonds. The van der Waals surface area contributed by atoms with Gasteiger partial charge in [0, 0.05) is 31.7 Å². The summed E-state index contributed by atoms with van der Waals surface area (Å²) in [6, 6.07) is 27.0. The molecule has 5 heteroatoms.